The van der Waals surface area contributed by atoms with Crippen LogP contribution in [-0.2, 0) is 0 Å². The lowest BCUT2D eigenvalue weighted by atomic mass is 10.2. The van der Waals surface area contributed by atoms with E-state index < -0.39 is 0 Å². The maximum absolute atomic E-state index is 3.43. The Labute approximate surface area is 92.1 Å². The molecule has 3 nitrogen and oxygen atoms in total. The van der Waals surface area contributed by atoms with Gasteiger partial charge in [0.2, 0.25) is 0 Å². The molecule has 0 radical (unpaired) electrons. The molecule has 0 aromatic carbocycles. The lowest BCUT2D eigenvalue weighted by Gasteiger charge is -2.43. The highest BCUT2D eigenvalue weighted by atomic mass is 28.1. The van der Waals surface area contributed by atoms with Crippen LogP contribution < -0.4 is 10.6 Å². The molecule has 0 aliphatic carbocycles. The van der Waals surface area contributed by atoms with Gasteiger partial charge >= 0.3 is 0 Å². The molecule has 0 rings (SSSR count). The van der Waals surface area contributed by atoms with Gasteiger partial charge in [-0.3, -0.25) is 15.5 Å². The predicted octanol–water partition coefficient (Wildman–Crippen LogP) is -0.0153. The molecule has 0 bridgehead atoms. The van der Waals surface area contributed by atoms with E-state index in [1.54, 1.807) is 0 Å². The Balaban J connectivity index is 4.52. The Morgan fingerprint density at radius 3 is 1.71 bits per heavy atom. The summed E-state index contributed by atoms with van der Waals surface area (Å²) in [5, 5.41) is 6.87. The third kappa shape index (κ3) is 3.35. The predicted molar refractivity (Wildman–Crippen MR) is 67.8 cm³/mol. The fraction of sp³-hybridized carbons (Fsp3) is 1.00. The van der Waals surface area contributed by atoms with Crippen LogP contribution in [-0.4, -0.2) is 48.1 Å². The molecule has 0 unspecified atom stereocenters. The van der Waals surface area contributed by atoms with Crippen LogP contribution in [0.25, 0.3) is 0 Å². The summed E-state index contributed by atoms with van der Waals surface area (Å²) in [6.45, 7) is 6.81. The minimum absolute atomic E-state index is 0.0399. The highest BCUT2D eigenvalue weighted by Gasteiger charge is 2.30. The zero-order valence-electron chi connectivity index (χ0n) is 10.5. The van der Waals surface area contributed by atoms with E-state index in [0.29, 0.717) is 0 Å². The Hall–Kier alpha value is 0.0969. The van der Waals surface area contributed by atoms with Crippen LogP contribution >= 0.6 is 0 Å². The Bertz CT molecular complexity index is 123. The fourth-order valence-electron chi connectivity index (χ4n) is 2.05. The molecule has 0 aliphatic heterocycles. The van der Waals surface area contributed by atoms with Gasteiger partial charge in [-0.25, -0.2) is 0 Å². The molecule has 0 saturated heterocycles. The number of rotatable bonds is 8. The van der Waals surface area contributed by atoms with E-state index in [-0.39, 0.29) is 5.79 Å². The van der Waals surface area contributed by atoms with Gasteiger partial charge in [0, 0.05) is 23.3 Å². The summed E-state index contributed by atoms with van der Waals surface area (Å²) in [7, 11) is 5.31. The van der Waals surface area contributed by atoms with Crippen LogP contribution in [0.3, 0.4) is 0 Å². The van der Waals surface area contributed by atoms with Crippen LogP contribution in [0, 0.1) is 0 Å². The average molecular weight is 217 g/mol. The molecule has 4 heteroatoms. The number of nitrogens with one attached hydrogen (secondary N) is 2. The Morgan fingerprint density at radius 1 is 1.07 bits per heavy atom. The van der Waals surface area contributed by atoms with E-state index in [1.807, 2.05) is 14.1 Å². The summed E-state index contributed by atoms with van der Waals surface area (Å²) in [6, 6.07) is 1.21. The van der Waals surface area contributed by atoms with Crippen LogP contribution in [0.2, 0.25) is 6.04 Å². The van der Waals surface area contributed by atoms with Gasteiger partial charge in [-0.1, -0.05) is 13.8 Å². The maximum Gasteiger partial charge on any atom is 0.122 e. The summed E-state index contributed by atoms with van der Waals surface area (Å²) < 4.78 is 0. The zero-order valence-corrected chi connectivity index (χ0v) is 12.5. The average Bonchev–Trinajstić information content (AvgIpc) is 2.22. The van der Waals surface area contributed by atoms with Crippen LogP contribution in [0.4, 0.5) is 0 Å². The first-order valence-electron chi connectivity index (χ1n) is 5.83. The second-order valence-electron chi connectivity index (χ2n) is 3.70. The first kappa shape index (κ1) is 14.1. The van der Waals surface area contributed by atoms with Crippen molar-refractivity contribution < 1.29 is 0 Å². The molecule has 0 fully saturated rings. The number of hydrogen-bond acceptors (Lipinski definition) is 3. The highest BCUT2D eigenvalue weighted by molar-refractivity contribution is 6.09. The Kier molecular flexibility index (Phi) is 7.45. The number of nitrogens with zero attached hydrogens (tertiary/aromatic N) is 1. The molecule has 0 spiro atoms. The van der Waals surface area contributed by atoms with Gasteiger partial charge in [-0.05, 0) is 33.0 Å². The first-order valence-corrected chi connectivity index (χ1v) is 7.25. The molecule has 2 N–H and O–H groups in total. The minimum Gasteiger partial charge on any atom is -0.290 e. The van der Waals surface area contributed by atoms with Gasteiger partial charge < -0.3 is 0 Å². The second kappa shape index (κ2) is 7.40. The molecule has 86 valence electrons. The topological polar surface area (TPSA) is 27.3 Å². The summed E-state index contributed by atoms with van der Waals surface area (Å²) in [5.41, 5.74) is 0. The van der Waals surface area contributed by atoms with E-state index in [4.69, 9.17) is 0 Å². The number of hydrogen-bond donors (Lipinski definition) is 2. The zero-order chi connectivity index (χ0) is 11.0. The van der Waals surface area contributed by atoms with Gasteiger partial charge in [0.25, 0.3) is 0 Å². The standard InChI is InChI=1S/C10H27N3Si/c1-5-7-13(8-6-2)10(9-14,11-3)12-4/h11-12H,5-9H2,1-4,14H3. The molecule has 0 heterocycles. The van der Waals surface area contributed by atoms with Crippen LogP contribution in [0.5, 0.6) is 0 Å². The molecular weight excluding hydrogens is 190 g/mol. The minimum atomic E-state index is 0.0399. The molecular formula is C10H27N3Si. The van der Waals surface area contributed by atoms with Crippen molar-refractivity contribution in [3.8, 4) is 0 Å². The van der Waals surface area contributed by atoms with Gasteiger partial charge in [-0.2, -0.15) is 0 Å². The van der Waals surface area contributed by atoms with Gasteiger partial charge in [0.1, 0.15) is 5.79 Å². The van der Waals surface area contributed by atoms with Gasteiger partial charge in [-0.15, -0.1) is 0 Å². The molecule has 0 aliphatic rings. The van der Waals surface area contributed by atoms with Gasteiger partial charge in [0.05, 0.1) is 0 Å². The lowest BCUT2D eigenvalue weighted by molar-refractivity contribution is 0.0529. The molecule has 0 aromatic heterocycles. The Morgan fingerprint density at radius 2 is 1.50 bits per heavy atom. The van der Waals surface area contributed by atoms with Crippen molar-refractivity contribution in [2.45, 2.75) is 38.5 Å². The van der Waals surface area contributed by atoms with Crippen molar-refractivity contribution in [1.82, 2.24) is 15.5 Å². The summed E-state index contributed by atoms with van der Waals surface area (Å²) in [5.74, 6) is 0.0399. The quantitative estimate of drug-likeness (QED) is 0.442. The van der Waals surface area contributed by atoms with Crippen LogP contribution in [0.1, 0.15) is 26.7 Å². The van der Waals surface area contributed by atoms with Crippen molar-refractivity contribution in [3.63, 3.8) is 0 Å². The summed E-state index contributed by atoms with van der Waals surface area (Å²) in [6.07, 6.45) is 2.43. The summed E-state index contributed by atoms with van der Waals surface area (Å²) >= 11 is 0. The first-order chi connectivity index (χ1) is 6.70. The van der Waals surface area contributed by atoms with Crippen molar-refractivity contribution in [2.24, 2.45) is 0 Å². The van der Waals surface area contributed by atoms with Crippen molar-refractivity contribution in [1.29, 1.82) is 0 Å². The molecule has 0 saturated carbocycles. The van der Waals surface area contributed by atoms with Crippen LogP contribution in [0.15, 0.2) is 0 Å². The fourth-order valence-corrected chi connectivity index (χ4v) is 3.21. The van der Waals surface area contributed by atoms with E-state index in [2.05, 4.69) is 29.4 Å². The van der Waals surface area contributed by atoms with E-state index in [1.165, 1.54) is 29.1 Å². The maximum atomic E-state index is 3.43. The molecule has 14 heavy (non-hydrogen) atoms. The van der Waals surface area contributed by atoms with Gasteiger partial charge in [0.15, 0.2) is 0 Å². The summed E-state index contributed by atoms with van der Waals surface area (Å²) in [4.78, 5) is 2.53. The second-order valence-corrected chi connectivity index (χ2v) is 4.41. The smallest absolute Gasteiger partial charge is 0.122 e. The highest BCUT2D eigenvalue weighted by Crippen LogP contribution is 2.12. The van der Waals surface area contributed by atoms with E-state index >= 15 is 0 Å². The van der Waals surface area contributed by atoms with Crippen molar-refractivity contribution in [3.05, 3.63) is 0 Å². The molecule has 0 atom stereocenters. The molecule has 0 aromatic rings. The molecule has 0 amide bonds. The third-order valence-electron chi connectivity index (χ3n) is 2.87. The van der Waals surface area contributed by atoms with Crippen molar-refractivity contribution >= 4 is 10.2 Å². The van der Waals surface area contributed by atoms with E-state index in [9.17, 15) is 0 Å². The third-order valence-corrected chi connectivity index (χ3v) is 3.89. The van der Waals surface area contributed by atoms with E-state index in [0.717, 1.165) is 13.1 Å². The van der Waals surface area contributed by atoms with Crippen molar-refractivity contribution in [2.75, 3.05) is 27.2 Å². The largest absolute Gasteiger partial charge is 0.290 e. The normalized spacial score (nSPS) is 12.6. The monoisotopic (exact) mass is 217 g/mol. The SMILES string of the molecule is CCCN(CCC)C(C[SiH3])(NC)NC. The lowest BCUT2D eigenvalue weighted by Crippen LogP contribution is -2.65.